The summed E-state index contributed by atoms with van der Waals surface area (Å²) in [4.78, 5) is 28.3. The van der Waals surface area contributed by atoms with Gasteiger partial charge in [-0.2, -0.15) is 0 Å². The number of fused-ring (bicyclic) bond motifs is 1. The molecule has 0 spiro atoms. The Morgan fingerprint density at radius 2 is 1.86 bits per heavy atom. The predicted octanol–water partition coefficient (Wildman–Crippen LogP) is 6.26. The Bertz CT molecular complexity index is 1090. The number of hydrogen-bond donors (Lipinski definition) is 2. The molecule has 2 aromatic heterocycles. The Hall–Kier alpha value is -2.68. The van der Waals surface area contributed by atoms with Crippen molar-refractivity contribution < 1.29 is 9.53 Å². The number of amides is 1. The van der Waals surface area contributed by atoms with Crippen molar-refractivity contribution in [3.8, 4) is 11.3 Å². The average molecular weight is 521 g/mol. The molecule has 0 radical (unpaired) electrons. The maximum Gasteiger partial charge on any atom is 0.412 e. The van der Waals surface area contributed by atoms with Gasteiger partial charge in [0.25, 0.3) is 0 Å². The summed E-state index contributed by atoms with van der Waals surface area (Å²) in [5.74, 6) is 0.353. The smallest absolute Gasteiger partial charge is 0.412 e. The third-order valence-electron chi connectivity index (χ3n) is 5.57. The van der Waals surface area contributed by atoms with Gasteiger partial charge in [0, 0.05) is 22.7 Å². The maximum absolute atomic E-state index is 12.0. The number of hydrogen-bond acceptors (Lipinski definition) is 7. The van der Waals surface area contributed by atoms with Crippen molar-refractivity contribution in [1.82, 2.24) is 19.9 Å². The van der Waals surface area contributed by atoms with Crippen LogP contribution in [0.2, 0.25) is 5.02 Å². The van der Waals surface area contributed by atoms with Crippen LogP contribution in [0.4, 0.5) is 16.3 Å². The molecule has 0 saturated carbocycles. The van der Waals surface area contributed by atoms with E-state index in [0.29, 0.717) is 27.7 Å². The second-order valence-corrected chi connectivity index (χ2v) is 8.49. The van der Waals surface area contributed by atoms with Crippen molar-refractivity contribution >= 4 is 52.8 Å². The van der Waals surface area contributed by atoms with E-state index in [0.717, 1.165) is 43.7 Å². The molecular formula is C25H34Cl2N6O2. The fraction of sp³-hybridized carbons (Fsp3) is 0.440. The van der Waals surface area contributed by atoms with E-state index in [4.69, 9.17) is 21.3 Å². The molecule has 8 nitrogen and oxygen atoms in total. The van der Waals surface area contributed by atoms with Crippen LogP contribution in [0, 0.1) is 0 Å². The van der Waals surface area contributed by atoms with Crippen LogP contribution in [0.5, 0.6) is 0 Å². The molecule has 1 amide bonds. The number of carbonyl (C=O) groups is 1. The number of rotatable bonds is 11. The minimum absolute atomic E-state index is 0. The second-order valence-electron chi connectivity index (χ2n) is 8.05. The van der Waals surface area contributed by atoms with Crippen LogP contribution in [-0.2, 0) is 4.74 Å². The summed E-state index contributed by atoms with van der Waals surface area (Å²) in [6.45, 7) is 11.7. The first kappa shape index (κ1) is 28.6. The molecule has 0 aliphatic rings. The van der Waals surface area contributed by atoms with Gasteiger partial charge in [0.05, 0.1) is 24.2 Å². The first-order valence-electron chi connectivity index (χ1n) is 11.8. The van der Waals surface area contributed by atoms with E-state index in [1.54, 1.807) is 19.2 Å². The molecule has 190 valence electrons. The zero-order valence-corrected chi connectivity index (χ0v) is 22.2. The largest absolute Gasteiger partial charge is 0.450 e. The lowest BCUT2D eigenvalue weighted by Crippen LogP contribution is -2.25. The van der Waals surface area contributed by atoms with Crippen LogP contribution in [0.3, 0.4) is 0 Å². The van der Waals surface area contributed by atoms with Crippen molar-refractivity contribution in [3.63, 3.8) is 0 Å². The van der Waals surface area contributed by atoms with Gasteiger partial charge in [-0.15, -0.1) is 12.4 Å². The number of aromatic nitrogens is 3. The molecule has 1 aromatic carbocycles. The summed E-state index contributed by atoms with van der Waals surface area (Å²) in [6.07, 6.45) is 3.24. The number of anilines is 2. The minimum Gasteiger partial charge on any atom is -0.450 e. The number of pyridine rings is 1. The topological polar surface area (TPSA) is 92.3 Å². The van der Waals surface area contributed by atoms with Crippen molar-refractivity contribution in [3.05, 3.63) is 41.6 Å². The van der Waals surface area contributed by atoms with Crippen LogP contribution < -0.4 is 10.6 Å². The van der Waals surface area contributed by atoms with Crippen LogP contribution in [0.25, 0.3) is 22.4 Å². The molecule has 3 rings (SSSR count). The predicted molar refractivity (Wildman–Crippen MR) is 146 cm³/mol. The van der Waals surface area contributed by atoms with E-state index in [1.807, 2.05) is 24.3 Å². The van der Waals surface area contributed by atoms with Crippen molar-refractivity contribution in [2.24, 2.45) is 0 Å². The van der Waals surface area contributed by atoms with Gasteiger partial charge in [-0.05, 0) is 58.5 Å². The number of benzene rings is 1. The van der Waals surface area contributed by atoms with Crippen LogP contribution in [0.1, 0.15) is 40.5 Å². The van der Waals surface area contributed by atoms with Gasteiger partial charge in [-0.1, -0.05) is 37.6 Å². The Morgan fingerprint density at radius 1 is 1.14 bits per heavy atom. The summed E-state index contributed by atoms with van der Waals surface area (Å²) in [5.41, 5.74) is 3.39. The molecule has 2 heterocycles. The summed E-state index contributed by atoms with van der Waals surface area (Å²) < 4.78 is 5.02. The number of halogens is 2. The SMILES string of the molecule is CCOC(=O)Nc1cc(NC(C)CCCN(CC)CC)c2ncc(-c3ccc(Cl)cc3)nc2n1.Cl. The highest BCUT2D eigenvalue weighted by Gasteiger charge is 2.15. The molecular weight excluding hydrogens is 487 g/mol. The van der Waals surface area contributed by atoms with E-state index in [9.17, 15) is 4.79 Å². The lowest BCUT2D eigenvalue weighted by Gasteiger charge is -2.21. The normalized spacial score (nSPS) is 11.7. The van der Waals surface area contributed by atoms with Gasteiger partial charge >= 0.3 is 6.09 Å². The molecule has 2 N–H and O–H groups in total. The van der Waals surface area contributed by atoms with Crippen molar-refractivity contribution in [2.45, 2.75) is 46.6 Å². The molecule has 1 unspecified atom stereocenters. The Labute approximate surface area is 218 Å². The first-order valence-corrected chi connectivity index (χ1v) is 12.2. The molecule has 0 aliphatic heterocycles. The average Bonchev–Trinajstić information content (AvgIpc) is 2.82. The van der Waals surface area contributed by atoms with E-state index < -0.39 is 6.09 Å². The standard InChI is InChI=1S/C25H33ClN6O2.ClH/c1-5-32(6-2)14-8-9-17(4)28-20-15-22(31-25(33)34-7-3)30-24-23(20)27-16-21(29-24)18-10-12-19(26)13-11-18;/h10-13,15-17H,5-9,14H2,1-4H3,(H2,28,29,30,31,33);1H. The molecule has 0 aliphatic carbocycles. The Morgan fingerprint density at radius 3 is 2.51 bits per heavy atom. The zero-order valence-electron chi connectivity index (χ0n) is 20.7. The highest BCUT2D eigenvalue weighted by Crippen LogP contribution is 2.27. The van der Waals surface area contributed by atoms with Gasteiger partial charge < -0.3 is 15.0 Å². The molecule has 10 heteroatoms. The van der Waals surface area contributed by atoms with E-state index >= 15 is 0 Å². The van der Waals surface area contributed by atoms with Gasteiger partial charge in [0.1, 0.15) is 11.3 Å². The molecule has 35 heavy (non-hydrogen) atoms. The van der Waals surface area contributed by atoms with Crippen molar-refractivity contribution in [1.29, 1.82) is 0 Å². The number of carbonyl (C=O) groups excluding carboxylic acids is 1. The summed E-state index contributed by atoms with van der Waals surface area (Å²) in [7, 11) is 0. The van der Waals surface area contributed by atoms with Gasteiger partial charge in [0.2, 0.25) is 0 Å². The monoisotopic (exact) mass is 520 g/mol. The molecule has 0 fully saturated rings. The Kier molecular flexibility index (Phi) is 11.4. The third-order valence-corrected chi connectivity index (χ3v) is 5.82. The van der Waals surface area contributed by atoms with Gasteiger partial charge in [-0.3, -0.25) is 5.32 Å². The fourth-order valence-corrected chi connectivity index (χ4v) is 3.83. The van der Waals surface area contributed by atoms with E-state index in [2.05, 4.69) is 46.3 Å². The third kappa shape index (κ3) is 8.19. The summed E-state index contributed by atoms with van der Waals surface area (Å²) in [5, 5.41) is 6.87. The van der Waals surface area contributed by atoms with E-state index in [1.165, 1.54) is 0 Å². The van der Waals surface area contributed by atoms with E-state index in [-0.39, 0.29) is 25.1 Å². The number of nitrogens with one attached hydrogen (secondary N) is 2. The van der Waals surface area contributed by atoms with Gasteiger partial charge in [-0.25, -0.2) is 19.7 Å². The highest BCUT2D eigenvalue weighted by atomic mass is 35.5. The lowest BCUT2D eigenvalue weighted by molar-refractivity contribution is 0.168. The maximum atomic E-state index is 12.0. The fourth-order valence-electron chi connectivity index (χ4n) is 3.70. The molecule has 0 saturated heterocycles. The quantitative estimate of drug-likeness (QED) is 0.308. The Balaban J connectivity index is 0.00000432. The van der Waals surface area contributed by atoms with Crippen LogP contribution >= 0.6 is 24.0 Å². The molecule has 0 bridgehead atoms. The highest BCUT2D eigenvalue weighted by molar-refractivity contribution is 6.30. The van der Waals surface area contributed by atoms with Gasteiger partial charge in [0.15, 0.2) is 5.65 Å². The lowest BCUT2D eigenvalue weighted by atomic mass is 10.1. The van der Waals surface area contributed by atoms with Crippen LogP contribution in [-0.4, -0.2) is 58.2 Å². The van der Waals surface area contributed by atoms with Crippen molar-refractivity contribution in [2.75, 3.05) is 36.9 Å². The molecule has 1 atom stereocenters. The van der Waals surface area contributed by atoms with Crippen LogP contribution in [0.15, 0.2) is 36.5 Å². The molecule has 3 aromatic rings. The summed E-state index contributed by atoms with van der Waals surface area (Å²) >= 11 is 6.02. The number of ether oxygens (including phenoxy) is 1. The minimum atomic E-state index is -0.561. The summed E-state index contributed by atoms with van der Waals surface area (Å²) in [6, 6.07) is 9.36. The number of nitrogens with zero attached hydrogens (tertiary/aromatic N) is 4. The second kappa shape index (κ2) is 14.0. The first-order chi connectivity index (χ1) is 16.4. The zero-order chi connectivity index (χ0) is 24.5.